The first-order chi connectivity index (χ1) is 6.25. The summed E-state index contributed by atoms with van der Waals surface area (Å²) in [6.07, 6.45) is 9.18. The standard InChI is InChI=1S/C10H15N3/c1-13-5-4-12-10(13)7-8-2-3-9(11)6-8/h4-6,9H,2-3,7,11H2,1H3. The number of allylic oxidation sites excluding steroid dienone is 1. The predicted molar refractivity (Wildman–Crippen MR) is 52.2 cm³/mol. The van der Waals surface area contributed by atoms with Gasteiger partial charge in [-0.05, 0) is 12.8 Å². The Labute approximate surface area is 78.3 Å². The lowest BCUT2D eigenvalue weighted by Crippen LogP contribution is -2.11. The monoisotopic (exact) mass is 177 g/mol. The van der Waals surface area contributed by atoms with Gasteiger partial charge in [-0.2, -0.15) is 0 Å². The van der Waals surface area contributed by atoms with E-state index < -0.39 is 0 Å². The average molecular weight is 177 g/mol. The van der Waals surface area contributed by atoms with Crippen LogP contribution >= 0.6 is 0 Å². The minimum absolute atomic E-state index is 0.273. The van der Waals surface area contributed by atoms with Crippen molar-refractivity contribution >= 4 is 0 Å². The highest BCUT2D eigenvalue weighted by Crippen LogP contribution is 2.20. The van der Waals surface area contributed by atoms with Crippen molar-refractivity contribution in [3.63, 3.8) is 0 Å². The molecule has 0 bridgehead atoms. The van der Waals surface area contributed by atoms with Gasteiger partial charge in [0.2, 0.25) is 0 Å². The summed E-state index contributed by atoms with van der Waals surface area (Å²) in [6.45, 7) is 0. The van der Waals surface area contributed by atoms with Gasteiger partial charge < -0.3 is 10.3 Å². The van der Waals surface area contributed by atoms with E-state index in [2.05, 4.69) is 15.6 Å². The maximum Gasteiger partial charge on any atom is 0.112 e. The van der Waals surface area contributed by atoms with E-state index in [1.54, 1.807) is 0 Å². The Morgan fingerprint density at radius 3 is 3.08 bits per heavy atom. The van der Waals surface area contributed by atoms with Gasteiger partial charge in [0.1, 0.15) is 5.82 Å². The predicted octanol–water partition coefficient (Wildman–Crippen LogP) is 1.01. The molecule has 0 amide bonds. The molecule has 2 N–H and O–H groups in total. The highest BCUT2D eigenvalue weighted by atomic mass is 15.0. The molecule has 1 aromatic heterocycles. The molecule has 0 saturated carbocycles. The van der Waals surface area contributed by atoms with Crippen molar-refractivity contribution in [1.82, 2.24) is 9.55 Å². The van der Waals surface area contributed by atoms with Crippen LogP contribution in [0.3, 0.4) is 0 Å². The molecule has 0 radical (unpaired) electrons. The normalized spacial score (nSPS) is 22.0. The third kappa shape index (κ3) is 1.80. The molecule has 1 atom stereocenters. The summed E-state index contributed by atoms with van der Waals surface area (Å²) >= 11 is 0. The molecule has 1 aliphatic rings. The van der Waals surface area contributed by atoms with E-state index in [4.69, 9.17) is 5.73 Å². The summed E-state index contributed by atoms with van der Waals surface area (Å²) in [7, 11) is 2.03. The highest BCUT2D eigenvalue weighted by Gasteiger charge is 2.13. The Balaban J connectivity index is 2.07. The molecule has 70 valence electrons. The summed E-state index contributed by atoms with van der Waals surface area (Å²) in [5.41, 5.74) is 7.22. The van der Waals surface area contributed by atoms with Gasteiger partial charge in [-0.25, -0.2) is 4.98 Å². The lowest BCUT2D eigenvalue weighted by Gasteiger charge is -2.01. The van der Waals surface area contributed by atoms with Crippen LogP contribution in [0, 0.1) is 0 Å². The first-order valence-corrected chi connectivity index (χ1v) is 4.67. The fourth-order valence-electron chi connectivity index (χ4n) is 1.74. The molecule has 0 fully saturated rings. The molecule has 0 aromatic carbocycles. The molecule has 1 heterocycles. The maximum atomic E-state index is 5.79. The van der Waals surface area contributed by atoms with Crippen LogP contribution < -0.4 is 5.73 Å². The van der Waals surface area contributed by atoms with Gasteiger partial charge in [-0.1, -0.05) is 11.6 Å². The Morgan fingerprint density at radius 2 is 2.54 bits per heavy atom. The van der Waals surface area contributed by atoms with Gasteiger partial charge in [-0.15, -0.1) is 0 Å². The fraction of sp³-hybridized carbons (Fsp3) is 0.500. The number of aryl methyl sites for hydroxylation is 1. The number of hydrogen-bond donors (Lipinski definition) is 1. The van der Waals surface area contributed by atoms with Crippen LogP contribution in [0.15, 0.2) is 24.0 Å². The van der Waals surface area contributed by atoms with E-state index >= 15 is 0 Å². The van der Waals surface area contributed by atoms with E-state index in [-0.39, 0.29) is 6.04 Å². The quantitative estimate of drug-likeness (QED) is 0.685. The van der Waals surface area contributed by atoms with Gasteiger partial charge in [-0.3, -0.25) is 0 Å². The summed E-state index contributed by atoms with van der Waals surface area (Å²) in [4.78, 5) is 4.29. The van der Waals surface area contributed by atoms with Crippen molar-refractivity contribution in [3.8, 4) is 0 Å². The topological polar surface area (TPSA) is 43.8 Å². The number of nitrogens with zero attached hydrogens (tertiary/aromatic N) is 2. The van der Waals surface area contributed by atoms with Crippen LogP contribution in [0.2, 0.25) is 0 Å². The number of hydrogen-bond acceptors (Lipinski definition) is 2. The molecule has 0 saturated heterocycles. The van der Waals surface area contributed by atoms with Crippen LogP contribution in [-0.4, -0.2) is 15.6 Å². The van der Waals surface area contributed by atoms with Crippen molar-refractivity contribution in [2.75, 3.05) is 0 Å². The summed E-state index contributed by atoms with van der Waals surface area (Å²) < 4.78 is 2.06. The van der Waals surface area contributed by atoms with E-state index in [0.29, 0.717) is 0 Å². The largest absolute Gasteiger partial charge is 0.338 e. The minimum atomic E-state index is 0.273. The molecule has 1 unspecified atom stereocenters. The van der Waals surface area contributed by atoms with Crippen LogP contribution in [0.25, 0.3) is 0 Å². The second-order valence-electron chi connectivity index (χ2n) is 3.66. The summed E-state index contributed by atoms with van der Waals surface area (Å²) in [5, 5.41) is 0. The first kappa shape index (κ1) is 8.51. The molecule has 1 aromatic rings. The zero-order chi connectivity index (χ0) is 9.26. The lowest BCUT2D eigenvalue weighted by molar-refractivity contribution is 0.757. The molecule has 0 spiro atoms. The molecule has 1 aliphatic carbocycles. The maximum absolute atomic E-state index is 5.79. The summed E-state index contributed by atoms with van der Waals surface area (Å²) in [6, 6.07) is 0.273. The number of rotatable bonds is 2. The van der Waals surface area contributed by atoms with E-state index in [0.717, 1.165) is 25.1 Å². The smallest absolute Gasteiger partial charge is 0.112 e. The van der Waals surface area contributed by atoms with Crippen molar-refractivity contribution in [1.29, 1.82) is 0 Å². The molecular formula is C10H15N3. The second kappa shape index (κ2) is 3.34. The van der Waals surface area contributed by atoms with Crippen LogP contribution in [0.5, 0.6) is 0 Å². The Hall–Kier alpha value is -1.09. The van der Waals surface area contributed by atoms with Gasteiger partial charge in [0.25, 0.3) is 0 Å². The van der Waals surface area contributed by atoms with Gasteiger partial charge in [0.15, 0.2) is 0 Å². The van der Waals surface area contributed by atoms with Gasteiger partial charge >= 0.3 is 0 Å². The highest BCUT2D eigenvalue weighted by molar-refractivity contribution is 5.17. The van der Waals surface area contributed by atoms with Crippen molar-refractivity contribution in [2.24, 2.45) is 12.8 Å². The second-order valence-corrected chi connectivity index (χ2v) is 3.66. The molecule has 0 aliphatic heterocycles. The number of aromatic nitrogens is 2. The van der Waals surface area contributed by atoms with Crippen LogP contribution in [0.4, 0.5) is 0 Å². The number of nitrogens with two attached hydrogens (primary N) is 1. The van der Waals surface area contributed by atoms with E-state index in [9.17, 15) is 0 Å². The zero-order valence-corrected chi connectivity index (χ0v) is 7.90. The van der Waals surface area contributed by atoms with Crippen LogP contribution in [-0.2, 0) is 13.5 Å². The van der Waals surface area contributed by atoms with E-state index in [1.165, 1.54) is 5.57 Å². The Kier molecular flexibility index (Phi) is 2.19. The zero-order valence-electron chi connectivity index (χ0n) is 7.90. The molecular weight excluding hydrogens is 162 g/mol. The third-order valence-corrected chi connectivity index (χ3v) is 2.55. The minimum Gasteiger partial charge on any atom is -0.338 e. The van der Waals surface area contributed by atoms with Crippen molar-refractivity contribution in [2.45, 2.75) is 25.3 Å². The first-order valence-electron chi connectivity index (χ1n) is 4.67. The molecule has 2 rings (SSSR count). The third-order valence-electron chi connectivity index (χ3n) is 2.55. The van der Waals surface area contributed by atoms with E-state index in [1.807, 2.05) is 19.4 Å². The number of imidazole rings is 1. The van der Waals surface area contributed by atoms with Crippen LogP contribution in [0.1, 0.15) is 18.7 Å². The lowest BCUT2D eigenvalue weighted by atomic mass is 10.1. The Bertz CT molecular complexity index is 325. The van der Waals surface area contributed by atoms with Crippen molar-refractivity contribution in [3.05, 3.63) is 29.9 Å². The average Bonchev–Trinajstić information content (AvgIpc) is 2.64. The van der Waals surface area contributed by atoms with Crippen molar-refractivity contribution < 1.29 is 0 Å². The Morgan fingerprint density at radius 1 is 1.69 bits per heavy atom. The van der Waals surface area contributed by atoms with Gasteiger partial charge in [0.05, 0.1) is 0 Å². The molecule has 13 heavy (non-hydrogen) atoms. The molecule has 3 nitrogen and oxygen atoms in total. The SMILES string of the molecule is Cn1ccnc1CC1=CC(N)CC1. The molecule has 3 heteroatoms. The fourth-order valence-corrected chi connectivity index (χ4v) is 1.74. The van der Waals surface area contributed by atoms with Gasteiger partial charge in [0, 0.05) is 31.9 Å². The summed E-state index contributed by atoms with van der Waals surface area (Å²) in [5.74, 6) is 1.13.